The molecule has 0 saturated carbocycles. The van der Waals surface area contributed by atoms with Crippen molar-refractivity contribution in [2.45, 2.75) is 42.5 Å². The molecule has 6 nitrogen and oxygen atoms in total. The maximum absolute atomic E-state index is 12.9. The molecule has 0 spiro atoms. The molecule has 1 heterocycles. The SMILES string of the molecule is Cc1cc(S(C)(=O)=O)c(C)c(S(=O)(=O)N2CCC[C@@H]2CN)c1. The third-order valence-electron chi connectivity index (χ3n) is 4.04. The average Bonchev–Trinajstić information content (AvgIpc) is 2.88. The van der Waals surface area contributed by atoms with Crippen molar-refractivity contribution in [1.29, 1.82) is 0 Å². The zero-order valence-electron chi connectivity index (χ0n) is 13.0. The summed E-state index contributed by atoms with van der Waals surface area (Å²) in [5.41, 5.74) is 6.54. The van der Waals surface area contributed by atoms with E-state index in [1.165, 1.54) is 23.4 Å². The Morgan fingerprint density at radius 3 is 2.32 bits per heavy atom. The summed E-state index contributed by atoms with van der Waals surface area (Å²) in [6, 6.07) is 2.82. The Bertz CT molecular complexity index is 785. The predicted octanol–water partition coefficient (Wildman–Crippen LogP) is 0.819. The topological polar surface area (TPSA) is 97.5 Å². The molecule has 1 aromatic rings. The first kappa shape index (κ1) is 17.4. The molecule has 1 aromatic carbocycles. The molecule has 1 fully saturated rings. The van der Waals surface area contributed by atoms with Gasteiger partial charge in [0.05, 0.1) is 9.79 Å². The van der Waals surface area contributed by atoms with Gasteiger partial charge in [-0.25, -0.2) is 16.8 Å². The van der Waals surface area contributed by atoms with E-state index in [0.29, 0.717) is 12.1 Å². The van der Waals surface area contributed by atoms with Crippen LogP contribution in [0.15, 0.2) is 21.9 Å². The monoisotopic (exact) mass is 346 g/mol. The van der Waals surface area contributed by atoms with Gasteiger partial charge >= 0.3 is 0 Å². The van der Waals surface area contributed by atoms with Crippen molar-refractivity contribution in [1.82, 2.24) is 4.31 Å². The van der Waals surface area contributed by atoms with Crippen molar-refractivity contribution in [3.05, 3.63) is 23.3 Å². The first-order valence-electron chi connectivity index (χ1n) is 7.12. The third kappa shape index (κ3) is 3.05. The van der Waals surface area contributed by atoms with Crippen molar-refractivity contribution >= 4 is 19.9 Å². The summed E-state index contributed by atoms with van der Waals surface area (Å²) < 4.78 is 51.1. The standard InChI is InChI=1S/C14H22N2O4S2/c1-10-7-13(21(3,17)18)11(2)14(8-10)22(19,20)16-6-4-5-12(16)9-15/h7-8,12H,4-6,9,15H2,1-3H3/t12-/m1/s1. The molecule has 0 aromatic heterocycles. The lowest BCUT2D eigenvalue weighted by molar-refractivity contribution is 0.392. The van der Waals surface area contributed by atoms with Crippen molar-refractivity contribution in [3.63, 3.8) is 0 Å². The summed E-state index contributed by atoms with van der Waals surface area (Å²) in [4.78, 5) is 0.128. The lowest BCUT2D eigenvalue weighted by atomic mass is 10.2. The zero-order chi connectivity index (χ0) is 16.7. The lowest BCUT2D eigenvalue weighted by Gasteiger charge is -2.24. The van der Waals surface area contributed by atoms with Gasteiger partial charge in [0.2, 0.25) is 10.0 Å². The number of rotatable bonds is 4. The normalized spacial score (nSPS) is 20.5. The highest BCUT2D eigenvalue weighted by atomic mass is 32.2. The number of sulfonamides is 1. The second-order valence-electron chi connectivity index (χ2n) is 5.81. The fourth-order valence-corrected chi connectivity index (χ4v) is 6.10. The summed E-state index contributed by atoms with van der Waals surface area (Å²) in [5.74, 6) is 0. The molecule has 1 atom stereocenters. The molecule has 1 aliphatic rings. The molecule has 22 heavy (non-hydrogen) atoms. The lowest BCUT2D eigenvalue weighted by Crippen LogP contribution is -2.40. The van der Waals surface area contributed by atoms with E-state index in [2.05, 4.69) is 0 Å². The van der Waals surface area contributed by atoms with Gasteiger partial charge in [-0.3, -0.25) is 0 Å². The van der Waals surface area contributed by atoms with Crippen molar-refractivity contribution in [3.8, 4) is 0 Å². The largest absolute Gasteiger partial charge is 0.329 e. The molecule has 1 saturated heterocycles. The molecule has 0 aliphatic carbocycles. The van der Waals surface area contributed by atoms with Crippen LogP contribution in [0.5, 0.6) is 0 Å². The van der Waals surface area contributed by atoms with E-state index in [1.807, 2.05) is 0 Å². The first-order chi connectivity index (χ1) is 10.1. The average molecular weight is 346 g/mol. The number of hydrogen-bond donors (Lipinski definition) is 1. The number of aryl methyl sites for hydroxylation is 1. The van der Waals surface area contributed by atoms with Crippen LogP contribution in [0.25, 0.3) is 0 Å². The van der Waals surface area contributed by atoms with Gasteiger partial charge in [0.1, 0.15) is 0 Å². The van der Waals surface area contributed by atoms with Crippen LogP contribution in [0.3, 0.4) is 0 Å². The highest BCUT2D eigenvalue weighted by Gasteiger charge is 2.36. The van der Waals surface area contributed by atoms with E-state index in [0.717, 1.165) is 19.1 Å². The van der Waals surface area contributed by atoms with Gasteiger partial charge in [0.15, 0.2) is 9.84 Å². The molecule has 0 bridgehead atoms. The van der Waals surface area contributed by atoms with Crippen molar-refractivity contribution in [2.24, 2.45) is 5.73 Å². The van der Waals surface area contributed by atoms with Crippen molar-refractivity contribution < 1.29 is 16.8 Å². The maximum Gasteiger partial charge on any atom is 0.243 e. The molecule has 0 amide bonds. The van der Waals surface area contributed by atoms with Crippen LogP contribution in [0.1, 0.15) is 24.0 Å². The summed E-state index contributed by atoms with van der Waals surface area (Å²) >= 11 is 0. The maximum atomic E-state index is 12.9. The minimum absolute atomic E-state index is 0.0632. The number of benzene rings is 1. The molecular weight excluding hydrogens is 324 g/mol. The Labute approximate surface area is 132 Å². The Morgan fingerprint density at radius 2 is 1.77 bits per heavy atom. The molecular formula is C14H22N2O4S2. The van der Waals surface area contributed by atoms with Crippen LogP contribution in [0.4, 0.5) is 0 Å². The Morgan fingerprint density at radius 1 is 1.18 bits per heavy atom. The van der Waals surface area contributed by atoms with Crippen LogP contribution < -0.4 is 5.73 Å². The summed E-state index contributed by atoms with van der Waals surface area (Å²) in [6.45, 7) is 3.92. The Hall–Kier alpha value is -0.960. The van der Waals surface area contributed by atoms with E-state index < -0.39 is 19.9 Å². The molecule has 124 valence electrons. The molecule has 8 heteroatoms. The van der Waals surface area contributed by atoms with Gasteiger partial charge < -0.3 is 5.73 Å². The van der Waals surface area contributed by atoms with E-state index >= 15 is 0 Å². The van der Waals surface area contributed by atoms with Crippen molar-refractivity contribution in [2.75, 3.05) is 19.3 Å². The highest BCUT2D eigenvalue weighted by molar-refractivity contribution is 7.91. The molecule has 2 rings (SSSR count). The van der Waals surface area contributed by atoms with Gasteiger partial charge in [-0.1, -0.05) is 0 Å². The fourth-order valence-electron chi connectivity index (χ4n) is 2.93. The van der Waals surface area contributed by atoms with Crippen LogP contribution >= 0.6 is 0 Å². The molecule has 0 radical (unpaired) electrons. The minimum atomic E-state index is -3.75. The zero-order valence-corrected chi connectivity index (χ0v) is 14.7. The number of nitrogens with two attached hydrogens (primary N) is 1. The third-order valence-corrected chi connectivity index (χ3v) is 7.34. The predicted molar refractivity (Wildman–Crippen MR) is 85.0 cm³/mol. The van der Waals surface area contributed by atoms with Gasteiger partial charge in [-0.2, -0.15) is 4.31 Å². The van der Waals surface area contributed by atoms with E-state index in [-0.39, 0.29) is 27.9 Å². The number of hydrogen-bond acceptors (Lipinski definition) is 5. The van der Waals surface area contributed by atoms with Crippen LogP contribution in [0.2, 0.25) is 0 Å². The second kappa shape index (κ2) is 5.92. The number of sulfone groups is 1. The quantitative estimate of drug-likeness (QED) is 0.870. The van der Waals surface area contributed by atoms with E-state index in [9.17, 15) is 16.8 Å². The van der Waals surface area contributed by atoms with E-state index in [4.69, 9.17) is 5.73 Å². The minimum Gasteiger partial charge on any atom is -0.329 e. The van der Waals surface area contributed by atoms with E-state index in [1.54, 1.807) is 6.92 Å². The van der Waals surface area contributed by atoms with Gasteiger partial charge in [0, 0.05) is 25.4 Å². The smallest absolute Gasteiger partial charge is 0.243 e. The summed E-state index contributed by atoms with van der Waals surface area (Å²) in [5, 5.41) is 0. The van der Waals surface area contributed by atoms with Crippen LogP contribution in [-0.2, 0) is 19.9 Å². The van der Waals surface area contributed by atoms with Gasteiger partial charge in [-0.05, 0) is 49.9 Å². The summed E-state index contributed by atoms with van der Waals surface area (Å²) in [6.07, 6.45) is 2.59. The Balaban J connectivity index is 2.64. The first-order valence-corrected chi connectivity index (χ1v) is 10.5. The van der Waals surface area contributed by atoms with Gasteiger partial charge in [0.25, 0.3) is 0 Å². The van der Waals surface area contributed by atoms with Gasteiger partial charge in [-0.15, -0.1) is 0 Å². The second-order valence-corrected chi connectivity index (χ2v) is 9.65. The fraction of sp³-hybridized carbons (Fsp3) is 0.571. The number of nitrogens with zero attached hydrogens (tertiary/aromatic N) is 1. The van der Waals surface area contributed by atoms with Crippen LogP contribution in [0, 0.1) is 13.8 Å². The molecule has 2 N–H and O–H groups in total. The summed E-state index contributed by atoms with van der Waals surface area (Å²) in [7, 11) is -7.24. The molecule has 1 aliphatic heterocycles. The highest BCUT2D eigenvalue weighted by Crippen LogP contribution is 2.31. The molecule has 0 unspecified atom stereocenters. The van der Waals surface area contributed by atoms with Crippen LogP contribution in [-0.4, -0.2) is 46.5 Å². The Kier molecular flexibility index (Phi) is 4.68.